The molecule has 1 aliphatic carbocycles. The molecule has 2 atom stereocenters. The summed E-state index contributed by atoms with van der Waals surface area (Å²) < 4.78 is 5.66. The number of hydrogen-bond acceptors (Lipinski definition) is 4. The van der Waals surface area contributed by atoms with Crippen molar-refractivity contribution in [2.45, 2.75) is 20.4 Å². The maximum atomic E-state index is 12.2. The first-order valence-corrected chi connectivity index (χ1v) is 7.24. The van der Waals surface area contributed by atoms with Crippen molar-refractivity contribution in [2.24, 2.45) is 23.0 Å². The number of amides is 2. The molecular formula is C16H20N2O3. The minimum Gasteiger partial charge on any atom is -0.491 e. The first-order chi connectivity index (χ1) is 9.98. The Hall–Kier alpha value is -1.88. The zero-order valence-electron chi connectivity index (χ0n) is 12.3. The Morgan fingerprint density at radius 1 is 1.19 bits per heavy atom. The van der Waals surface area contributed by atoms with Crippen LogP contribution in [0.3, 0.4) is 0 Å². The van der Waals surface area contributed by atoms with E-state index in [-0.39, 0.29) is 29.1 Å². The molecular weight excluding hydrogens is 268 g/mol. The van der Waals surface area contributed by atoms with E-state index in [2.05, 4.69) is 0 Å². The monoisotopic (exact) mass is 288 g/mol. The molecule has 112 valence electrons. The summed E-state index contributed by atoms with van der Waals surface area (Å²) >= 11 is 0. The number of fused-ring (bicyclic) bond motifs is 1. The fraction of sp³-hybridized carbons (Fsp3) is 0.500. The number of piperidine rings is 1. The third-order valence-electron chi connectivity index (χ3n) is 4.66. The van der Waals surface area contributed by atoms with E-state index >= 15 is 0 Å². The number of rotatable bonds is 5. The van der Waals surface area contributed by atoms with Gasteiger partial charge in [0.2, 0.25) is 11.8 Å². The molecule has 21 heavy (non-hydrogen) atoms. The summed E-state index contributed by atoms with van der Waals surface area (Å²) in [5, 5.41) is 0. The Labute approximate surface area is 124 Å². The topological polar surface area (TPSA) is 72.6 Å². The quantitative estimate of drug-likeness (QED) is 0.825. The van der Waals surface area contributed by atoms with Crippen molar-refractivity contribution in [1.29, 1.82) is 0 Å². The predicted octanol–water partition coefficient (Wildman–Crippen LogP) is 1.17. The molecule has 5 heteroatoms. The molecule has 2 fully saturated rings. The van der Waals surface area contributed by atoms with Crippen LogP contribution in [-0.2, 0) is 16.1 Å². The summed E-state index contributed by atoms with van der Waals surface area (Å²) in [6.45, 7) is 4.96. The van der Waals surface area contributed by atoms with Gasteiger partial charge in [-0.2, -0.15) is 0 Å². The van der Waals surface area contributed by atoms with Crippen LogP contribution in [0.2, 0.25) is 0 Å². The van der Waals surface area contributed by atoms with E-state index in [0.29, 0.717) is 25.4 Å². The number of nitrogens with two attached hydrogens (primary N) is 1. The maximum Gasteiger partial charge on any atom is 0.233 e. The molecule has 1 aromatic rings. The minimum atomic E-state index is -0.155. The van der Waals surface area contributed by atoms with Gasteiger partial charge in [-0.05, 0) is 11.5 Å². The molecule has 0 bridgehead atoms. The molecule has 1 aliphatic heterocycles. The van der Waals surface area contributed by atoms with Crippen molar-refractivity contribution in [3.8, 4) is 5.75 Å². The molecule has 1 heterocycles. The van der Waals surface area contributed by atoms with E-state index in [0.717, 1.165) is 5.56 Å². The van der Waals surface area contributed by atoms with Crippen LogP contribution in [0.4, 0.5) is 0 Å². The Morgan fingerprint density at radius 2 is 1.81 bits per heavy atom. The lowest BCUT2D eigenvalue weighted by Gasteiger charge is -2.20. The SMILES string of the molecule is CC1(C)C2C(=O)N(CCOc3ccccc3CN)C(=O)C21. The highest BCUT2D eigenvalue weighted by Gasteiger charge is 2.72. The number of nitrogens with zero attached hydrogens (tertiary/aromatic N) is 1. The Kier molecular flexibility index (Phi) is 3.24. The predicted molar refractivity (Wildman–Crippen MR) is 77.3 cm³/mol. The van der Waals surface area contributed by atoms with E-state index in [1.165, 1.54) is 4.90 Å². The molecule has 0 radical (unpaired) electrons. The number of imide groups is 1. The second kappa shape index (κ2) is 4.84. The van der Waals surface area contributed by atoms with Gasteiger partial charge in [-0.25, -0.2) is 0 Å². The van der Waals surface area contributed by atoms with Crippen molar-refractivity contribution < 1.29 is 14.3 Å². The summed E-state index contributed by atoms with van der Waals surface area (Å²) in [5.74, 6) is 0.365. The van der Waals surface area contributed by atoms with Gasteiger partial charge in [-0.1, -0.05) is 32.0 Å². The highest BCUT2D eigenvalue weighted by atomic mass is 16.5. The smallest absolute Gasteiger partial charge is 0.233 e. The van der Waals surface area contributed by atoms with E-state index in [4.69, 9.17) is 10.5 Å². The van der Waals surface area contributed by atoms with Crippen LogP contribution in [0, 0.1) is 17.3 Å². The first kappa shape index (κ1) is 14.1. The Balaban J connectivity index is 1.58. The lowest BCUT2D eigenvalue weighted by molar-refractivity contribution is -0.143. The van der Waals surface area contributed by atoms with Crippen LogP contribution in [0.25, 0.3) is 0 Å². The van der Waals surface area contributed by atoms with Crippen molar-refractivity contribution in [1.82, 2.24) is 4.90 Å². The van der Waals surface area contributed by atoms with Gasteiger partial charge in [0, 0.05) is 12.1 Å². The fourth-order valence-electron chi connectivity index (χ4n) is 3.28. The van der Waals surface area contributed by atoms with Gasteiger partial charge >= 0.3 is 0 Å². The van der Waals surface area contributed by atoms with Gasteiger partial charge in [-0.3, -0.25) is 14.5 Å². The van der Waals surface area contributed by atoms with Crippen molar-refractivity contribution >= 4 is 11.8 Å². The zero-order valence-corrected chi connectivity index (χ0v) is 12.3. The molecule has 3 rings (SSSR count). The lowest BCUT2D eigenvalue weighted by Crippen LogP contribution is -2.39. The molecule has 1 saturated heterocycles. The number of carbonyl (C=O) groups excluding carboxylic acids is 2. The van der Waals surface area contributed by atoms with Crippen LogP contribution in [-0.4, -0.2) is 29.9 Å². The summed E-state index contributed by atoms with van der Waals surface area (Å²) in [6.07, 6.45) is 0. The highest BCUT2D eigenvalue weighted by molar-refractivity contribution is 6.10. The number of likely N-dealkylation sites (tertiary alicyclic amines) is 1. The van der Waals surface area contributed by atoms with Gasteiger partial charge in [0.15, 0.2) is 0 Å². The normalized spacial score (nSPS) is 26.0. The van der Waals surface area contributed by atoms with Crippen LogP contribution in [0.5, 0.6) is 5.75 Å². The number of para-hydroxylation sites is 1. The largest absolute Gasteiger partial charge is 0.491 e. The van der Waals surface area contributed by atoms with Crippen LogP contribution >= 0.6 is 0 Å². The van der Waals surface area contributed by atoms with Crippen LogP contribution in [0.1, 0.15) is 19.4 Å². The van der Waals surface area contributed by atoms with E-state index in [9.17, 15) is 9.59 Å². The first-order valence-electron chi connectivity index (χ1n) is 7.24. The third-order valence-corrected chi connectivity index (χ3v) is 4.66. The average Bonchev–Trinajstić information content (AvgIpc) is 2.94. The molecule has 5 nitrogen and oxygen atoms in total. The maximum absolute atomic E-state index is 12.2. The number of ether oxygens (including phenoxy) is 1. The number of benzene rings is 1. The Bertz CT molecular complexity index is 573. The standard InChI is InChI=1S/C16H20N2O3/c1-16(2)12-13(16)15(20)18(14(12)19)7-8-21-11-6-4-3-5-10(11)9-17/h3-6,12-13H,7-9,17H2,1-2H3. The Morgan fingerprint density at radius 3 is 2.43 bits per heavy atom. The summed E-state index contributed by atoms with van der Waals surface area (Å²) in [4.78, 5) is 25.7. The molecule has 2 aliphatic rings. The van der Waals surface area contributed by atoms with Crippen molar-refractivity contribution in [3.05, 3.63) is 29.8 Å². The summed E-state index contributed by atoms with van der Waals surface area (Å²) in [7, 11) is 0. The second-order valence-electron chi connectivity index (χ2n) is 6.27. The summed E-state index contributed by atoms with van der Waals surface area (Å²) in [6, 6.07) is 7.52. The molecule has 2 amide bonds. The molecule has 1 aromatic carbocycles. The van der Waals surface area contributed by atoms with E-state index in [1.807, 2.05) is 38.1 Å². The van der Waals surface area contributed by atoms with Gasteiger partial charge in [0.25, 0.3) is 0 Å². The van der Waals surface area contributed by atoms with E-state index in [1.54, 1.807) is 0 Å². The molecule has 0 spiro atoms. The highest BCUT2D eigenvalue weighted by Crippen LogP contribution is 2.63. The van der Waals surface area contributed by atoms with Crippen LogP contribution in [0.15, 0.2) is 24.3 Å². The van der Waals surface area contributed by atoms with Crippen LogP contribution < -0.4 is 10.5 Å². The van der Waals surface area contributed by atoms with Gasteiger partial charge in [0.05, 0.1) is 18.4 Å². The second-order valence-corrected chi connectivity index (χ2v) is 6.27. The van der Waals surface area contributed by atoms with Gasteiger partial charge < -0.3 is 10.5 Å². The lowest BCUT2D eigenvalue weighted by atomic mass is 10.1. The summed E-state index contributed by atoms with van der Waals surface area (Å²) in [5.41, 5.74) is 6.41. The number of hydrogen-bond donors (Lipinski definition) is 1. The minimum absolute atomic E-state index is 0.0503. The van der Waals surface area contributed by atoms with Gasteiger partial charge in [-0.15, -0.1) is 0 Å². The molecule has 2 N–H and O–H groups in total. The molecule has 0 aromatic heterocycles. The molecule has 1 saturated carbocycles. The zero-order chi connectivity index (χ0) is 15.2. The van der Waals surface area contributed by atoms with Gasteiger partial charge in [0.1, 0.15) is 12.4 Å². The fourth-order valence-corrected chi connectivity index (χ4v) is 3.28. The average molecular weight is 288 g/mol. The molecule has 2 unspecified atom stereocenters. The third kappa shape index (κ3) is 2.12. The van der Waals surface area contributed by atoms with Crippen molar-refractivity contribution in [2.75, 3.05) is 13.2 Å². The number of carbonyl (C=O) groups is 2. The van der Waals surface area contributed by atoms with Crippen molar-refractivity contribution in [3.63, 3.8) is 0 Å². The van der Waals surface area contributed by atoms with E-state index < -0.39 is 0 Å².